The minimum absolute atomic E-state index is 0.828. The first-order valence-electron chi connectivity index (χ1n) is 9.80. The van der Waals surface area contributed by atoms with Gasteiger partial charge in [0.1, 0.15) is 11.6 Å². The molecule has 0 amide bonds. The maximum Gasteiger partial charge on any atom is 0.145 e. The molecule has 1 aliphatic heterocycles. The monoisotopic (exact) mass is 384 g/mol. The van der Waals surface area contributed by atoms with Crippen LogP contribution in [0.2, 0.25) is 0 Å². The fourth-order valence-corrected chi connectivity index (χ4v) is 4.95. The topological polar surface area (TPSA) is 43.2 Å². The summed E-state index contributed by atoms with van der Waals surface area (Å²) in [6.45, 7) is 9.71. The van der Waals surface area contributed by atoms with Crippen LogP contribution in [0.25, 0.3) is 22.4 Å². The van der Waals surface area contributed by atoms with Crippen molar-refractivity contribution in [3.05, 3.63) is 28.8 Å². The molecular weight excluding hydrogens is 356 g/mol. The molecule has 0 aliphatic carbocycles. The number of hydrogen-bond acceptors (Lipinski definition) is 5. The predicted octanol–water partition coefficient (Wildman–Crippen LogP) is 4.86. The van der Waals surface area contributed by atoms with Crippen molar-refractivity contribution in [3.8, 4) is 17.1 Å². The summed E-state index contributed by atoms with van der Waals surface area (Å²) in [5, 5.41) is 0. The van der Waals surface area contributed by atoms with Crippen LogP contribution in [0.3, 0.4) is 0 Å². The van der Waals surface area contributed by atoms with Gasteiger partial charge < -0.3 is 9.30 Å². The van der Waals surface area contributed by atoms with Crippen molar-refractivity contribution in [1.29, 1.82) is 0 Å². The SMILES string of the molecule is CCCC1CCN(Cn2c(-c3c(C)nsc3C)nc3ccc(OC)cc32)C1. The number of fused-ring (bicyclic) bond motifs is 1. The van der Waals surface area contributed by atoms with E-state index in [1.807, 2.05) is 6.07 Å². The van der Waals surface area contributed by atoms with Gasteiger partial charge in [0.2, 0.25) is 0 Å². The molecule has 0 saturated carbocycles. The highest BCUT2D eigenvalue weighted by Crippen LogP contribution is 2.34. The molecule has 5 nitrogen and oxygen atoms in total. The number of nitrogens with zero attached hydrogens (tertiary/aromatic N) is 4. The molecule has 1 fully saturated rings. The summed E-state index contributed by atoms with van der Waals surface area (Å²) in [4.78, 5) is 8.78. The molecule has 1 aliphatic rings. The van der Waals surface area contributed by atoms with Gasteiger partial charge in [0, 0.05) is 24.0 Å². The molecule has 1 saturated heterocycles. The Balaban J connectivity index is 1.77. The Morgan fingerprint density at radius 2 is 2.15 bits per heavy atom. The average Bonchev–Trinajstić information content (AvgIpc) is 3.34. The summed E-state index contributed by atoms with van der Waals surface area (Å²) in [5.74, 6) is 2.73. The van der Waals surface area contributed by atoms with Crippen molar-refractivity contribution in [3.63, 3.8) is 0 Å². The first-order valence-corrected chi connectivity index (χ1v) is 10.6. The van der Waals surface area contributed by atoms with Crippen LogP contribution in [-0.4, -0.2) is 39.0 Å². The average molecular weight is 385 g/mol. The molecule has 3 heterocycles. The summed E-state index contributed by atoms with van der Waals surface area (Å²) >= 11 is 1.56. The molecule has 27 heavy (non-hydrogen) atoms. The molecule has 3 aromatic rings. The zero-order valence-electron chi connectivity index (χ0n) is 16.7. The molecule has 144 valence electrons. The van der Waals surface area contributed by atoms with E-state index in [-0.39, 0.29) is 0 Å². The van der Waals surface area contributed by atoms with Gasteiger partial charge in [-0.3, -0.25) is 4.90 Å². The smallest absolute Gasteiger partial charge is 0.145 e. The predicted molar refractivity (Wildman–Crippen MR) is 111 cm³/mol. The molecule has 0 radical (unpaired) electrons. The second kappa shape index (κ2) is 7.60. The molecule has 2 aromatic heterocycles. The van der Waals surface area contributed by atoms with Crippen LogP contribution >= 0.6 is 11.5 Å². The maximum atomic E-state index is 5.48. The van der Waals surface area contributed by atoms with Gasteiger partial charge in [0.05, 0.1) is 36.1 Å². The summed E-state index contributed by atoms with van der Waals surface area (Å²) in [5.41, 5.74) is 4.39. The van der Waals surface area contributed by atoms with E-state index in [2.05, 4.69) is 46.7 Å². The molecule has 1 aromatic carbocycles. The Morgan fingerprint density at radius 3 is 2.85 bits per heavy atom. The van der Waals surface area contributed by atoms with E-state index in [9.17, 15) is 0 Å². The minimum Gasteiger partial charge on any atom is -0.497 e. The molecule has 1 atom stereocenters. The van der Waals surface area contributed by atoms with Crippen LogP contribution in [0.1, 0.15) is 36.8 Å². The molecule has 1 unspecified atom stereocenters. The Kier molecular flexibility index (Phi) is 5.19. The molecule has 4 rings (SSSR count). The lowest BCUT2D eigenvalue weighted by molar-refractivity contribution is 0.263. The van der Waals surface area contributed by atoms with Gasteiger partial charge in [-0.15, -0.1) is 0 Å². The van der Waals surface area contributed by atoms with Gasteiger partial charge >= 0.3 is 0 Å². The third-order valence-corrected chi connectivity index (χ3v) is 6.46. The van der Waals surface area contributed by atoms with Crippen molar-refractivity contribution < 1.29 is 4.74 Å². The van der Waals surface area contributed by atoms with Crippen LogP contribution in [0.5, 0.6) is 5.75 Å². The van der Waals surface area contributed by atoms with Crippen LogP contribution in [-0.2, 0) is 6.67 Å². The third-order valence-electron chi connectivity index (χ3n) is 5.62. The van der Waals surface area contributed by atoms with Gasteiger partial charge in [-0.1, -0.05) is 13.3 Å². The quantitative estimate of drug-likeness (QED) is 0.608. The normalized spacial score (nSPS) is 17.9. The number of imidazole rings is 1. The van der Waals surface area contributed by atoms with Crippen molar-refractivity contribution in [1.82, 2.24) is 18.8 Å². The van der Waals surface area contributed by atoms with Crippen LogP contribution < -0.4 is 4.74 Å². The van der Waals surface area contributed by atoms with E-state index in [4.69, 9.17) is 9.72 Å². The van der Waals surface area contributed by atoms with Crippen LogP contribution in [0.15, 0.2) is 18.2 Å². The Bertz CT molecular complexity index is 926. The number of methoxy groups -OCH3 is 1. The van der Waals surface area contributed by atoms with E-state index in [1.54, 1.807) is 18.6 Å². The molecule has 0 N–H and O–H groups in total. The Morgan fingerprint density at radius 1 is 1.30 bits per heavy atom. The number of likely N-dealkylation sites (tertiary alicyclic amines) is 1. The van der Waals surface area contributed by atoms with Crippen molar-refractivity contribution in [2.45, 2.75) is 46.7 Å². The highest BCUT2D eigenvalue weighted by molar-refractivity contribution is 7.06. The highest BCUT2D eigenvalue weighted by atomic mass is 32.1. The van der Waals surface area contributed by atoms with E-state index in [0.29, 0.717) is 0 Å². The van der Waals surface area contributed by atoms with Crippen molar-refractivity contribution in [2.75, 3.05) is 20.2 Å². The number of hydrogen-bond donors (Lipinski definition) is 0. The van der Waals surface area contributed by atoms with Gasteiger partial charge in [-0.05, 0) is 56.3 Å². The van der Waals surface area contributed by atoms with Crippen molar-refractivity contribution >= 4 is 22.6 Å². The molecule has 6 heteroatoms. The van der Waals surface area contributed by atoms with E-state index >= 15 is 0 Å². The highest BCUT2D eigenvalue weighted by Gasteiger charge is 2.25. The third kappa shape index (κ3) is 3.48. The minimum atomic E-state index is 0.828. The number of ether oxygens (including phenoxy) is 1. The number of rotatable bonds is 6. The number of aryl methyl sites for hydroxylation is 2. The summed E-state index contributed by atoms with van der Waals surface area (Å²) < 4.78 is 12.4. The number of aromatic nitrogens is 3. The lowest BCUT2D eigenvalue weighted by Gasteiger charge is -2.19. The van der Waals surface area contributed by atoms with Crippen molar-refractivity contribution in [2.24, 2.45) is 5.92 Å². The van der Waals surface area contributed by atoms with Gasteiger partial charge in [0.15, 0.2) is 0 Å². The van der Waals surface area contributed by atoms with Crippen LogP contribution in [0.4, 0.5) is 0 Å². The lowest BCUT2D eigenvalue weighted by Crippen LogP contribution is -2.24. The van der Waals surface area contributed by atoms with Crippen LogP contribution in [0, 0.1) is 19.8 Å². The lowest BCUT2D eigenvalue weighted by atomic mass is 10.0. The second-order valence-electron chi connectivity index (χ2n) is 7.58. The zero-order valence-corrected chi connectivity index (χ0v) is 17.5. The van der Waals surface area contributed by atoms with Gasteiger partial charge in [0.25, 0.3) is 0 Å². The van der Waals surface area contributed by atoms with E-state index in [1.165, 1.54) is 36.2 Å². The first kappa shape index (κ1) is 18.4. The second-order valence-corrected chi connectivity index (χ2v) is 8.56. The summed E-state index contributed by atoms with van der Waals surface area (Å²) in [6, 6.07) is 6.15. The fraction of sp³-hybridized carbons (Fsp3) is 0.524. The zero-order chi connectivity index (χ0) is 19.0. The molecule has 0 spiro atoms. The number of benzene rings is 1. The van der Waals surface area contributed by atoms with Gasteiger partial charge in [-0.2, -0.15) is 4.37 Å². The maximum absolute atomic E-state index is 5.48. The fourth-order valence-electron chi connectivity index (χ4n) is 4.25. The molecular formula is C21H28N4OS. The summed E-state index contributed by atoms with van der Waals surface area (Å²) in [6.07, 6.45) is 3.90. The largest absolute Gasteiger partial charge is 0.497 e. The molecule has 0 bridgehead atoms. The Hall–Kier alpha value is -1.92. The van der Waals surface area contributed by atoms with E-state index < -0.39 is 0 Å². The Labute approximate surface area is 165 Å². The van der Waals surface area contributed by atoms with Gasteiger partial charge in [-0.25, -0.2) is 4.98 Å². The summed E-state index contributed by atoms with van der Waals surface area (Å²) in [7, 11) is 1.72. The first-order chi connectivity index (χ1) is 13.1. The van der Waals surface area contributed by atoms with E-state index in [0.717, 1.165) is 47.4 Å². The standard InChI is InChI=1S/C21H28N4OS/c1-5-6-16-9-10-24(12-16)13-25-19-11-17(26-4)7-8-18(19)22-21(25)20-14(2)23-27-15(20)3/h7-8,11,16H,5-6,9-10,12-13H2,1-4H3.